The van der Waals surface area contributed by atoms with E-state index in [-0.39, 0.29) is 6.04 Å². The minimum atomic E-state index is 0.0966. The van der Waals surface area contributed by atoms with Crippen LogP contribution in [0.15, 0.2) is 6.33 Å². The Labute approximate surface area is 92.1 Å². The van der Waals surface area contributed by atoms with Gasteiger partial charge in [-0.3, -0.25) is 0 Å². The van der Waals surface area contributed by atoms with Crippen molar-refractivity contribution < 1.29 is 0 Å². The molecule has 3 heterocycles. The van der Waals surface area contributed by atoms with Crippen molar-refractivity contribution in [3.8, 4) is 0 Å². The molecule has 2 aromatic rings. The second-order valence-corrected chi connectivity index (χ2v) is 3.92. The van der Waals surface area contributed by atoms with Gasteiger partial charge in [0, 0.05) is 20.0 Å². The summed E-state index contributed by atoms with van der Waals surface area (Å²) in [5.74, 6) is 1.17. The summed E-state index contributed by atoms with van der Waals surface area (Å²) >= 11 is 0. The van der Waals surface area contributed by atoms with Gasteiger partial charge in [0.1, 0.15) is 0 Å². The number of nitrogens with one attached hydrogen (secondary N) is 2. The van der Waals surface area contributed by atoms with Gasteiger partial charge in [0.05, 0.1) is 23.8 Å². The van der Waals surface area contributed by atoms with Crippen LogP contribution >= 0.6 is 0 Å². The van der Waals surface area contributed by atoms with Crippen molar-refractivity contribution in [2.24, 2.45) is 7.05 Å². The van der Waals surface area contributed by atoms with Gasteiger partial charge in [-0.05, 0) is 0 Å². The molecule has 1 aliphatic rings. The van der Waals surface area contributed by atoms with Crippen molar-refractivity contribution >= 4 is 5.95 Å². The van der Waals surface area contributed by atoms with Gasteiger partial charge in [0.25, 0.3) is 0 Å². The fraction of sp³-hybridized carbons (Fsp3) is 0.444. The van der Waals surface area contributed by atoms with Crippen LogP contribution in [0.25, 0.3) is 0 Å². The number of imidazole rings is 1. The van der Waals surface area contributed by atoms with Gasteiger partial charge in [-0.1, -0.05) is 0 Å². The number of hydrogen-bond acceptors (Lipinski definition) is 5. The summed E-state index contributed by atoms with van der Waals surface area (Å²) in [4.78, 5) is 11.6. The maximum absolute atomic E-state index is 5.66. The number of nitrogens with two attached hydrogens (primary N) is 1. The van der Waals surface area contributed by atoms with E-state index in [0.29, 0.717) is 5.95 Å². The van der Waals surface area contributed by atoms with Crippen molar-refractivity contribution in [1.82, 2.24) is 30.0 Å². The van der Waals surface area contributed by atoms with Crippen LogP contribution in [0.2, 0.25) is 0 Å². The lowest BCUT2D eigenvalue weighted by atomic mass is 10.1. The molecule has 0 fully saturated rings. The lowest BCUT2D eigenvalue weighted by Crippen LogP contribution is -2.29. The van der Waals surface area contributed by atoms with E-state index in [1.54, 1.807) is 18.1 Å². The normalized spacial score (nSPS) is 19.7. The molecule has 1 unspecified atom stereocenters. The highest BCUT2D eigenvalue weighted by molar-refractivity contribution is 5.21. The highest BCUT2D eigenvalue weighted by atomic mass is 15.4. The molecule has 0 bridgehead atoms. The summed E-state index contributed by atoms with van der Waals surface area (Å²) in [6.45, 7) is 0.762. The van der Waals surface area contributed by atoms with Crippen molar-refractivity contribution in [3.63, 3.8) is 0 Å². The Morgan fingerprint density at radius 3 is 3.19 bits per heavy atom. The molecular weight excluding hydrogens is 206 g/mol. The number of nitrogen functional groups attached to an aromatic ring is 1. The summed E-state index contributed by atoms with van der Waals surface area (Å²) in [6.07, 6.45) is 2.51. The van der Waals surface area contributed by atoms with Gasteiger partial charge in [0.15, 0.2) is 5.82 Å². The standard InChI is InChI=1S/C9H13N7/c1-16-9(10)14-8(15-16)6-2-5-7(3-11-6)13-4-12-5/h4,6,11H,2-3H2,1H3,(H,12,13)(H2,10,14,15). The van der Waals surface area contributed by atoms with E-state index in [9.17, 15) is 0 Å². The van der Waals surface area contributed by atoms with Crippen molar-refractivity contribution in [2.75, 3.05) is 5.73 Å². The smallest absolute Gasteiger partial charge is 0.218 e. The predicted octanol–water partition coefficient (Wildman–Crippen LogP) is -0.493. The van der Waals surface area contributed by atoms with E-state index >= 15 is 0 Å². The zero-order valence-electron chi connectivity index (χ0n) is 8.94. The Morgan fingerprint density at radius 2 is 2.44 bits per heavy atom. The van der Waals surface area contributed by atoms with E-state index < -0.39 is 0 Å². The first kappa shape index (κ1) is 9.34. The summed E-state index contributed by atoms with van der Waals surface area (Å²) in [6, 6.07) is 0.0966. The highest BCUT2D eigenvalue weighted by Gasteiger charge is 2.24. The van der Waals surface area contributed by atoms with Crippen LogP contribution in [0.5, 0.6) is 0 Å². The van der Waals surface area contributed by atoms with E-state index in [0.717, 1.165) is 30.2 Å². The van der Waals surface area contributed by atoms with Gasteiger partial charge in [-0.15, -0.1) is 0 Å². The maximum Gasteiger partial charge on any atom is 0.218 e. The minimum Gasteiger partial charge on any atom is -0.368 e. The van der Waals surface area contributed by atoms with E-state index in [2.05, 4.69) is 25.4 Å². The van der Waals surface area contributed by atoms with Gasteiger partial charge in [-0.25, -0.2) is 9.67 Å². The largest absolute Gasteiger partial charge is 0.368 e. The third-order valence-electron chi connectivity index (χ3n) is 2.86. The van der Waals surface area contributed by atoms with Crippen molar-refractivity contribution in [3.05, 3.63) is 23.5 Å². The Hall–Kier alpha value is -1.89. The Bertz CT molecular complexity index is 492. The maximum atomic E-state index is 5.66. The molecule has 7 nitrogen and oxygen atoms in total. The molecule has 4 N–H and O–H groups in total. The monoisotopic (exact) mass is 219 g/mol. The number of fused-ring (bicyclic) bond motifs is 1. The Balaban J connectivity index is 1.88. The average molecular weight is 219 g/mol. The fourth-order valence-corrected chi connectivity index (χ4v) is 1.92. The summed E-state index contributed by atoms with van der Waals surface area (Å²) < 4.78 is 1.58. The molecule has 84 valence electrons. The number of aryl methyl sites for hydroxylation is 1. The molecule has 0 amide bonds. The second kappa shape index (κ2) is 3.31. The summed E-state index contributed by atoms with van der Waals surface area (Å²) in [5.41, 5.74) is 7.88. The van der Waals surface area contributed by atoms with Crippen LogP contribution < -0.4 is 11.1 Å². The molecule has 16 heavy (non-hydrogen) atoms. The molecule has 7 heteroatoms. The molecule has 0 aliphatic carbocycles. The molecular formula is C9H13N7. The van der Waals surface area contributed by atoms with Gasteiger partial charge < -0.3 is 16.0 Å². The summed E-state index contributed by atoms with van der Waals surface area (Å²) in [7, 11) is 1.79. The van der Waals surface area contributed by atoms with Crippen LogP contribution in [0.3, 0.4) is 0 Å². The molecule has 3 rings (SSSR count). The molecule has 0 radical (unpaired) electrons. The van der Waals surface area contributed by atoms with Gasteiger partial charge >= 0.3 is 0 Å². The molecule has 1 atom stereocenters. The number of anilines is 1. The van der Waals surface area contributed by atoms with Crippen molar-refractivity contribution in [1.29, 1.82) is 0 Å². The van der Waals surface area contributed by atoms with Crippen LogP contribution in [0.4, 0.5) is 5.95 Å². The lowest BCUT2D eigenvalue weighted by molar-refractivity contribution is 0.465. The molecule has 0 aromatic carbocycles. The number of aromatic nitrogens is 5. The molecule has 1 aliphatic heterocycles. The number of aromatic amines is 1. The minimum absolute atomic E-state index is 0.0966. The predicted molar refractivity (Wildman–Crippen MR) is 57.3 cm³/mol. The number of nitrogens with zero attached hydrogens (tertiary/aromatic N) is 4. The molecule has 0 saturated carbocycles. The second-order valence-electron chi connectivity index (χ2n) is 3.92. The van der Waals surface area contributed by atoms with E-state index in [4.69, 9.17) is 5.73 Å². The van der Waals surface area contributed by atoms with Crippen LogP contribution in [0, 0.1) is 0 Å². The zero-order chi connectivity index (χ0) is 11.1. The number of H-pyrrole nitrogens is 1. The zero-order valence-corrected chi connectivity index (χ0v) is 8.94. The van der Waals surface area contributed by atoms with Gasteiger partial charge in [-0.2, -0.15) is 10.1 Å². The van der Waals surface area contributed by atoms with Gasteiger partial charge in [0.2, 0.25) is 5.95 Å². The Morgan fingerprint density at radius 1 is 1.56 bits per heavy atom. The van der Waals surface area contributed by atoms with Crippen molar-refractivity contribution in [2.45, 2.75) is 19.0 Å². The number of rotatable bonds is 1. The first-order chi connectivity index (χ1) is 7.74. The molecule has 0 spiro atoms. The van der Waals surface area contributed by atoms with Crippen LogP contribution in [-0.2, 0) is 20.0 Å². The third kappa shape index (κ3) is 1.36. The molecule has 0 saturated heterocycles. The topological polar surface area (TPSA) is 97.4 Å². The SMILES string of the molecule is Cn1nc(C2Cc3nc[nH]c3CN2)nc1N. The molecule has 2 aromatic heterocycles. The van der Waals surface area contributed by atoms with Crippen LogP contribution in [0.1, 0.15) is 23.3 Å². The lowest BCUT2D eigenvalue weighted by Gasteiger charge is -2.20. The quantitative estimate of drug-likeness (QED) is 0.601. The van der Waals surface area contributed by atoms with E-state index in [1.807, 2.05) is 0 Å². The van der Waals surface area contributed by atoms with E-state index in [1.165, 1.54) is 0 Å². The fourth-order valence-electron chi connectivity index (χ4n) is 1.92. The third-order valence-corrected chi connectivity index (χ3v) is 2.86. The van der Waals surface area contributed by atoms with Crippen LogP contribution in [-0.4, -0.2) is 24.7 Å². The first-order valence-electron chi connectivity index (χ1n) is 5.15. The highest BCUT2D eigenvalue weighted by Crippen LogP contribution is 2.21. The average Bonchev–Trinajstić information content (AvgIpc) is 2.85. The number of hydrogen-bond donors (Lipinski definition) is 3. The first-order valence-corrected chi connectivity index (χ1v) is 5.15. The Kier molecular flexibility index (Phi) is 1.93. The summed E-state index contributed by atoms with van der Waals surface area (Å²) in [5, 5.41) is 7.62.